The first-order valence-electron chi connectivity index (χ1n) is 27.0. The molecule has 0 amide bonds. The largest absolute Gasteiger partial charge is 0.463 e. The first-order chi connectivity index (χ1) is 29.8. The monoisotopic (exact) mass is 871 g/mol. The zero-order chi connectivity index (χ0) is 44.7. The maximum absolute atomic E-state index is 12.7. The van der Waals surface area contributed by atoms with Gasteiger partial charge in [-0.15, -0.1) is 0 Å². The minimum atomic E-state index is -1.44. The van der Waals surface area contributed by atoms with Crippen LogP contribution in [0.4, 0.5) is 0 Å². The van der Waals surface area contributed by atoms with Crippen LogP contribution in [0.2, 0.25) is 0 Å². The maximum atomic E-state index is 12.7. The van der Waals surface area contributed by atoms with Crippen LogP contribution < -0.4 is 0 Å². The van der Waals surface area contributed by atoms with E-state index in [1.54, 1.807) is 0 Å². The first-order valence-corrected chi connectivity index (χ1v) is 27.0. The van der Waals surface area contributed by atoms with Crippen LogP contribution in [0.15, 0.2) is 11.6 Å². The lowest BCUT2D eigenvalue weighted by atomic mass is 9.47. The molecule has 14 atom stereocenters. The highest BCUT2D eigenvalue weighted by Crippen LogP contribution is 2.67. The number of fused-ring (bicyclic) bond motifs is 5. The molecular weight excluding hydrogens is 773 g/mol. The van der Waals surface area contributed by atoms with Crippen molar-refractivity contribution in [1.82, 2.24) is 0 Å². The lowest BCUT2D eigenvalue weighted by molar-refractivity contribution is -0.313. The SMILES string of the molecule is CCCCCCCCCCCCCCCCCCCC(=O)OCC1OC(OC2CCC3(C)C(=CCC4C3CCC3(C)C(C(C)CCC(CC)C(C)C)CCC43)C2)C(O)C(O)C1O. The fourth-order valence-corrected chi connectivity index (χ4v) is 14.0. The Morgan fingerprint density at radius 3 is 1.95 bits per heavy atom. The Morgan fingerprint density at radius 2 is 1.35 bits per heavy atom. The summed E-state index contributed by atoms with van der Waals surface area (Å²) in [7, 11) is 0. The van der Waals surface area contributed by atoms with Gasteiger partial charge in [-0.2, -0.15) is 0 Å². The lowest BCUT2D eigenvalue weighted by Gasteiger charge is -2.58. The van der Waals surface area contributed by atoms with E-state index in [0.717, 1.165) is 80.5 Å². The van der Waals surface area contributed by atoms with Gasteiger partial charge in [0, 0.05) is 6.42 Å². The summed E-state index contributed by atoms with van der Waals surface area (Å²) in [6.07, 6.45) is 31.9. The van der Waals surface area contributed by atoms with Crippen molar-refractivity contribution in [2.24, 2.45) is 52.3 Å². The minimum Gasteiger partial charge on any atom is -0.463 e. The van der Waals surface area contributed by atoms with Gasteiger partial charge in [0.05, 0.1) is 6.10 Å². The molecule has 1 aliphatic heterocycles. The van der Waals surface area contributed by atoms with Crippen molar-refractivity contribution in [2.75, 3.05) is 6.61 Å². The van der Waals surface area contributed by atoms with Crippen LogP contribution in [-0.4, -0.2) is 64.7 Å². The zero-order valence-electron chi connectivity index (χ0n) is 41.3. The molecular formula is C55H98O7. The lowest BCUT2D eigenvalue weighted by Crippen LogP contribution is -2.60. The summed E-state index contributed by atoms with van der Waals surface area (Å²) >= 11 is 0. The molecule has 1 saturated heterocycles. The van der Waals surface area contributed by atoms with E-state index in [4.69, 9.17) is 14.2 Å². The second-order valence-electron chi connectivity index (χ2n) is 22.6. The molecule has 3 saturated carbocycles. The van der Waals surface area contributed by atoms with Crippen LogP contribution in [0.5, 0.6) is 0 Å². The van der Waals surface area contributed by atoms with Crippen molar-refractivity contribution in [3.8, 4) is 0 Å². The number of unbranched alkanes of at least 4 members (excludes halogenated alkanes) is 16. The van der Waals surface area contributed by atoms with Crippen molar-refractivity contribution >= 4 is 5.97 Å². The molecule has 0 radical (unpaired) electrons. The summed E-state index contributed by atoms with van der Waals surface area (Å²) in [4.78, 5) is 12.7. The minimum absolute atomic E-state index is 0.140. The highest BCUT2D eigenvalue weighted by molar-refractivity contribution is 5.69. The van der Waals surface area contributed by atoms with Gasteiger partial charge in [0.15, 0.2) is 6.29 Å². The van der Waals surface area contributed by atoms with E-state index < -0.39 is 30.7 Å². The molecule has 0 aromatic carbocycles. The van der Waals surface area contributed by atoms with Gasteiger partial charge >= 0.3 is 5.97 Å². The normalized spacial score (nSPS) is 35.5. The van der Waals surface area contributed by atoms with Crippen molar-refractivity contribution in [3.05, 3.63) is 11.6 Å². The number of ether oxygens (including phenoxy) is 3. The highest BCUT2D eigenvalue weighted by atomic mass is 16.7. The van der Waals surface area contributed by atoms with Gasteiger partial charge in [-0.05, 0) is 116 Å². The molecule has 4 fully saturated rings. The molecule has 7 heteroatoms. The second kappa shape index (κ2) is 25.8. The Kier molecular flexibility index (Phi) is 21.6. The van der Waals surface area contributed by atoms with Crippen LogP contribution in [-0.2, 0) is 19.0 Å². The van der Waals surface area contributed by atoms with Crippen LogP contribution in [0.25, 0.3) is 0 Å². The Hall–Kier alpha value is -0.990. The standard InChI is InChI=1S/C55H98O7/c1-8-10-11-12-13-14-15-16-17-18-19-20-21-22-23-24-25-26-49(56)60-38-48-50(57)51(58)52(59)53(62-48)61-43-33-35-54(6)42(37-43)29-30-44-46-32-31-45(55(46,7)36-34-47(44)54)40(5)27-28-41(9-2)39(3)4/h29,39-41,43-48,50-53,57-59H,8-28,30-38H2,1-7H3. The van der Waals surface area contributed by atoms with Crippen LogP contribution in [0.1, 0.15) is 235 Å². The summed E-state index contributed by atoms with van der Waals surface area (Å²) in [5, 5.41) is 32.6. The van der Waals surface area contributed by atoms with E-state index in [-0.39, 0.29) is 24.1 Å². The number of aliphatic hydroxyl groups excluding tert-OH is 3. The molecule has 360 valence electrons. The summed E-state index contributed by atoms with van der Waals surface area (Å²) in [6, 6.07) is 0. The summed E-state index contributed by atoms with van der Waals surface area (Å²) < 4.78 is 18.1. The predicted octanol–water partition coefficient (Wildman–Crippen LogP) is 13.4. The average molecular weight is 871 g/mol. The molecule has 0 aromatic rings. The first kappa shape index (κ1) is 52.0. The van der Waals surface area contributed by atoms with Gasteiger partial charge in [-0.25, -0.2) is 0 Å². The van der Waals surface area contributed by atoms with Gasteiger partial charge in [0.2, 0.25) is 0 Å². The smallest absolute Gasteiger partial charge is 0.305 e. The molecule has 1 heterocycles. The van der Waals surface area contributed by atoms with E-state index in [1.165, 1.54) is 140 Å². The number of rotatable bonds is 28. The van der Waals surface area contributed by atoms with Gasteiger partial charge in [-0.3, -0.25) is 4.79 Å². The van der Waals surface area contributed by atoms with Crippen LogP contribution in [0, 0.1) is 52.3 Å². The third-order valence-electron chi connectivity index (χ3n) is 18.2. The third kappa shape index (κ3) is 13.8. The number of allylic oxidation sites excluding steroid dienone is 1. The molecule has 5 aliphatic rings. The number of hydrogen-bond acceptors (Lipinski definition) is 7. The Labute approximate surface area is 381 Å². The van der Waals surface area contributed by atoms with Gasteiger partial charge in [0.1, 0.15) is 31.0 Å². The maximum Gasteiger partial charge on any atom is 0.305 e. The summed E-state index contributed by atoms with van der Waals surface area (Å²) in [6.45, 7) is 17.1. The second-order valence-corrected chi connectivity index (χ2v) is 22.6. The van der Waals surface area contributed by atoms with Crippen molar-refractivity contribution in [1.29, 1.82) is 0 Å². The Morgan fingerprint density at radius 1 is 0.742 bits per heavy atom. The molecule has 0 aromatic heterocycles. The topological polar surface area (TPSA) is 105 Å². The number of hydrogen-bond donors (Lipinski definition) is 3. The van der Waals surface area contributed by atoms with E-state index >= 15 is 0 Å². The molecule has 62 heavy (non-hydrogen) atoms. The van der Waals surface area contributed by atoms with E-state index in [1.807, 2.05) is 0 Å². The number of aliphatic hydroxyl groups is 3. The number of carbonyl (C=O) groups excluding carboxylic acids is 1. The molecule has 0 bridgehead atoms. The van der Waals surface area contributed by atoms with Gasteiger partial charge < -0.3 is 29.5 Å². The van der Waals surface area contributed by atoms with E-state index in [9.17, 15) is 20.1 Å². The highest BCUT2D eigenvalue weighted by Gasteiger charge is 2.59. The fourth-order valence-electron chi connectivity index (χ4n) is 14.0. The molecule has 7 nitrogen and oxygen atoms in total. The zero-order valence-corrected chi connectivity index (χ0v) is 41.3. The van der Waals surface area contributed by atoms with Crippen molar-refractivity contribution in [2.45, 2.75) is 271 Å². The van der Waals surface area contributed by atoms with E-state index in [2.05, 4.69) is 54.5 Å². The Balaban J connectivity index is 0.985. The molecule has 14 unspecified atom stereocenters. The van der Waals surface area contributed by atoms with Gasteiger partial charge in [0.25, 0.3) is 0 Å². The number of esters is 1. The van der Waals surface area contributed by atoms with E-state index in [0.29, 0.717) is 17.8 Å². The summed E-state index contributed by atoms with van der Waals surface area (Å²) in [5.41, 5.74) is 2.13. The number of carbonyl (C=O) groups is 1. The van der Waals surface area contributed by atoms with Crippen molar-refractivity contribution in [3.63, 3.8) is 0 Å². The van der Waals surface area contributed by atoms with Crippen LogP contribution >= 0.6 is 0 Å². The predicted molar refractivity (Wildman–Crippen MR) is 254 cm³/mol. The molecule has 0 spiro atoms. The molecule has 5 rings (SSSR count). The van der Waals surface area contributed by atoms with Crippen molar-refractivity contribution < 1.29 is 34.3 Å². The average Bonchev–Trinajstić information content (AvgIpc) is 3.62. The van der Waals surface area contributed by atoms with Gasteiger partial charge in [-0.1, -0.05) is 176 Å². The third-order valence-corrected chi connectivity index (χ3v) is 18.2. The Bertz CT molecular complexity index is 1320. The molecule has 4 aliphatic carbocycles. The fraction of sp³-hybridized carbons (Fsp3) is 0.945. The van der Waals surface area contributed by atoms with Crippen LogP contribution in [0.3, 0.4) is 0 Å². The molecule has 3 N–H and O–H groups in total. The summed E-state index contributed by atoms with van der Waals surface area (Å²) in [5.74, 6) is 5.24. The quantitative estimate of drug-likeness (QED) is 0.0408.